The number of carbonyl (C=O) groups is 1. The molecule has 0 N–H and O–H groups in total. The van der Waals surface area contributed by atoms with Crippen molar-refractivity contribution < 1.29 is 14.3 Å². The summed E-state index contributed by atoms with van der Waals surface area (Å²) < 4.78 is 11.1. The van der Waals surface area contributed by atoms with E-state index in [1.165, 1.54) is 11.1 Å². The molecule has 2 aromatic rings. The van der Waals surface area contributed by atoms with E-state index in [1.807, 2.05) is 41.3 Å². The van der Waals surface area contributed by atoms with Crippen LogP contribution >= 0.6 is 0 Å². The monoisotopic (exact) mass is 380 g/mol. The quantitative estimate of drug-likeness (QED) is 0.817. The maximum atomic E-state index is 12.6. The summed E-state index contributed by atoms with van der Waals surface area (Å²) in [5.74, 6) is 0.945. The number of likely N-dealkylation sites (tertiary alicyclic amines) is 1. The minimum Gasteiger partial charge on any atom is -0.497 e. The lowest BCUT2D eigenvalue weighted by atomic mass is 9.87. The van der Waals surface area contributed by atoms with Crippen LogP contribution in [-0.2, 0) is 16.1 Å². The molecule has 2 fully saturated rings. The van der Waals surface area contributed by atoms with Crippen LogP contribution in [-0.4, -0.2) is 50.8 Å². The Morgan fingerprint density at radius 1 is 1.14 bits per heavy atom. The number of hydrogen-bond acceptors (Lipinski definition) is 4. The molecule has 28 heavy (non-hydrogen) atoms. The van der Waals surface area contributed by atoms with Gasteiger partial charge in [0.15, 0.2) is 0 Å². The zero-order valence-corrected chi connectivity index (χ0v) is 16.7. The number of nitrogens with zero attached hydrogens (tertiary/aromatic N) is 2. The van der Waals surface area contributed by atoms with E-state index in [1.54, 1.807) is 7.11 Å². The first-order valence-electron chi connectivity index (χ1n) is 9.88. The number of carbonyl (C=O) groups excluding carboxylic acids is 1. The number of aryl methyl sites for hydroxylation is 1. The second kappa shape index (κ2) is 7.94. The van der Waals surface area contributed by atoms with Crippen molar-refractivity contribution >= 4 is 11.6 Å². The van der Waals surface area contributed by atoms with Crippen molar-refractivity contribution in [3.8, 4) is 5.75 Å². The van der Waals surface area contributed by atoms with E-state index < -0.39 is 0 Å². The van der Waals surface area contributed by atoms with Gasteiger partial charge in [-0.3, -0.25) is 9.69 Å². The molecule has 0 aliphatic carbocycles. The van der Waals surface area contributed by atoms with E-state index in [4.69, 9.17) is 9.47 Å². The van der Waals surface area contributed by atoms with Crippen LogP contribution in [0.2, 0.25) is 0 Å². The number of para-hydroxylation sites is 1. The Balaban J connectivity index is 1.49. The van der Waals surface area contributed by atoms with Gasteiger partial charge in [0.2, 0.25) is 0 Å². The molecular formula is C23H28N2O3. The highest BCUT2D eigenvalue weighted by molar-refractivity contribution is 5.94. The summed E-state index contributed by atoms with van der Waals surface area (Å²) >= 11 is 0. The average Bonchev–Trinajstić information content (AvgIpc) is 3.02. The molecule has 2 aromatic carbocycles. The summed E-state index contributed by atoms with van der Waals surface area (Å²) in [5, 5.41) is 0. The summed E-state index contributed by atoms with van der Waals surface area (Å²) in [4.78, 5) is 17.0. The van der Waals surface area contributed by atoms with E-state index >= 15 is 0 Å². The molecule has 4 rings (SSSR count). The standard InChI is InChI=1S/C23H28N2O3/c1-18-12-21(27-2)9-8-19(18)13-24-11-10-23(15-24)16-25(22(26)14-28-17-23)20-6-4-3-5-7-20/h3-9,12H,10-11,13-17H2,1-2H3. The van der Waals surface area contributed by atoms with Crippen molar-refractivity contribution in [2.24, 2.45) is 5.41 Å². The van der Waals surface area contributed by atoms with Gasteiger partial charge in [-0.1, -0.05) is 24.3 Å². The van der Waals surface area contributed by atoms with E-state index in [-0.39, 0.29) is 17.9 Å². The molecule has 5 nitrogen and oxygen atoms in total. The molecule has 0 radical (unpaired) electrons. The predicted molar refractivity (Wildman–Crippen MR) is 110 cm³/mol. The molecule has 2 saturated heterocycles. The molecular weight excluding hydrogens is 352 g/mol. The van der Waals surface area contributed by atoms with Crippen LogP contribution in [0.4, 0.5) is 5.69 Å². The number of anilines is 1. The highest BCUT2D eigenvalue weighted by Crippen LogP contribution is 2.36. The van der Waals surface area contributed by atoms with Gasteiger partial charge in [0.25, 0.3) is 5.91 Å². The Kier molecular flexibility index (Phi) is 5.38. The molecule has 148 valence electrons. The lowest BCUT2D eigenvalue weighted by Crippen LogP contribution is -2.42. The molecule has 1 amide bonds. The van der Waals surface area contributed by atoms with E-state index in [2.05, 4.69) is 24.0 Å². The van der Waals surface area contributed by atoms with Crippen molar-refractivity contribution in [1.29, 1.82) is 0 Å². The largest absolute Gasteiger partial charge is 0.497 e. The smallest absolute Gasteiger partial charge is 0.252 e. The van der Waals surface area contributed by atoms with E-state index in [9.17, 15) is 4.79 Å². The van der Waals surface area contributed by atoms with Crippen molar-refractivity contribution in [3.05, 3.63) is 59.7 Å². The number of hydrogen-bond donors (Lipinski definition) is 0. The maximum Gasteiger partial charge on any atom is 0.252 e. The van der Waals surface area contributed by atoms with E-state index in [0.717, 1.165) is 37.5 Å². The van der Waals surface area contributed by atoms with Crippen LogP contribution in [0.3, 0.4) is 0 Å². The highest BCUT2D eigenvalue weighted by Gasteiger charge is 2.43. The molecule has 5 heteroatoms. The molecule has 2 aliphatic rings. The summed E-state index contributed by atoms with van der Waals surface area (Å²) in [6, 6.07) is 16.2. The third-order valence-corrected chi connectivity index (χ3v) is 5.96. The molecule has 2 heterocycles. The van der Waals surface area contributed by atoms with E-state index in [0.29, 0.717) is 13.2 Å². The number of rotatable bonds is 4. The van der Waals surface area contributed by atoms with Gasteiger partial charge in [-0.2, -0.15) is 0 Å². The Hall–Kier alpha value is -2.37. The zero-order valence-electron chi connectivity index (χ0n) is 16.7. The third kappa shape index (κ3) is 3.91. The van der Waals surface area contributed by atoms with Gasteiger partial charge in [0, 0.05) is 30.7 Å². The van der Waals surface area contributed by atoms with Gasteiger partial charge in [-0.25, -0.2) is 0 Å². The minimum absolute atomic E-state index is 0.0115. The first kappa shape index (κ1) is 19.0. The molecule has 1 spiro atoms. The summed E-state index contributed by atoms with van der Waals surface area (Å²) in [6.07, 6.45) is 1.04. The van der Waals surface area contributed by atoms with Crippen LogP contribution in [0.1, 0.15) is 17.5 Å². The van der Waals surface area contributed by atoms with Crippen LogP contribution in [0, 0.1) is 12.3 Å². The second-order valence-corrected chi connectivity index (χ2v) is 8.06. The number of ether oxygens (including phenoxy) is 2. The van der Waals surface area contributed by atoms with Crippen LogP contribution in [0.5, 0.6) is 5.75 Å². The zero-order chi connectivity index (χ0) is 19.6. The molecule has 0 aromatic heterocycles. The van der Waals surface area contributed by atoms with Crippen LogP contribution in [0.25, 0.3) is 0 Å². The summed E-state index contributed by atoms with van der Waals surface area (Å²) in [6.45, 7) is 6.52. The van der Waals surface area contributed by atoms with Crippen molar-refractivity contribution in [2.75, 3.05) is 44.9 Å². The number of methoxy groups -OCH3 is 1. The Morgan fingerprint density at radius 2 is 1.96 bits per heavy atom. The number of amides is 1. The Labute approximate surface area is 166 Å². The second-order valence-electron chi connectivity index (χ2n) is 8.06. The third-order valence-electron chi connectivity index (χ3n) is 5.96. The first-order chi connectivity index (χ1) is 13.6. The van der Waals surface area contributed by atoms with Gasteiger partial charge in [0.05, 0.1) is 13.7 Å². The fourth-order valence-electron chi connectivity index (χ4n) is 4.37. The fourth-order valence-corrected chi connectivity index (χ4v) is 4.37. The molecule has 0 bridgehead atoms. The van der Waals surface area contributed by atoms with Gasteiger partial charge < -0.3 is 14.4 Å². The molecule has 1 atom stereocenters. The fraction of sp³-hybridized carbons (Fsp3) is 0.435. The van der Waals surface area contributed by atoms with Crippen molar-refractivity contribution in [2.45, 2.75) is 19.9 Å². The predicted octanol–water partition coefficient (Wildman–Crippen LogP) is 3.26. The normalized spacial score (nSPS) is 23.2. The SMILES string of the molecule is COc1ccc(CN2CCC3(COCC(=O)N(c4ccccc4)C3)C2)c(C)c1. The maximum absolute atomic E-state index is 12.6. The molecule has 2 aliphatic heterocycles. The minimum atomic E-state index is -0.0115. The Morgan fingerprint density at radius 3 is 2.71 bits per heavy atom. The molecule has 1 unspecified atom stereocenters. The Bertz CT molecular complexity index is 839. The number of benzene rings is 2. The van der Waals surface area contributed by atoms with Gasteiger partial charge in [-0.05, 0) is 55.3 Å². The summed E-state index contributed by atoms with van der Waals surface area (Å²) in [7, 11) is 1.70. The van der Waals surface area contributed by atoms with Crippen LogP contribution < -0.4 is 9.64 Å². The average molecular weight is 380 g/mol. The topological polar surface area (TPSA) is 42.0 Å². The first-order valence-corrected chi connectivity index (χ1v) is 9.88. The molecule has 0 saturated carbocycles. The lowest BCUT2D eigenvalue weighted by molar-refractivity contribution is -0.122. The van der Waals surface area contributed by atoms with Crippen LogP contribution in [0.15, 0.2) is 48.5 Å². The lowest BCUT2D eigenvalue weighted by Gasteiger charge is -2.32. The van der Waals surface area contributed by atoms with Crippen molar-refractivity contribution in [3.63, 3.8) is 0 Å². The van der Waals surface area contributed by atoms with Gasteiger partial charge in [0.1, 0.15) is 12.4 Å². The van der Waals surface area contributed by atoms with Gasteiger partial charge in [-0.15, -0.1) is 0 Å². The van der Waals surface area contributed by atoms with Crippen molar-refractivity contribution in [1.82, 2.24) is 4.90 Å². The highest BCUT2D eigenvalue weighted by atomic mass is 16.5. The van der Waals surface area contributed by atoms with Gasteiger partial charge >= 0.3 is 0 Å². The summed E-state index contributed by atoms with van der Waals surface area (Å²) in [5.41, 5.74) is 3.52.